The zero-order valence-corrected chi connectivity index (χ0v) is 12.2. The Kier molecular flexibility index (Phi) is 4.62. The Labute approximate surface area is 120 Å². The highest BCUT2D eigenvalue weighted by Crippen LogP contribution is 2.18. The number of aromatic nitrogens is 3. The van der Waals surface area contributed by atoms with E-state index in [1.807, 2.05) is 31.4 Å². The molecule has 0 saturated heterocycles. The molecule has 2 N–H and O–H groups in total. The van der Waals surface area contributed by atoms with Crippen molar-refractivity contribution in [1.82, 2.24) is 20.5 Å². The van der Waals surface area contributed by atoms with Crippen molar-refractivity contribution < 1.29 is 4.79 Å². The average molecular weight is 292 g/mol. The Bertz CT molecular complexity index is 634. The van der Waals surface area contributed by atoms with E-state index in [1.54, 1.807) is 0 Å². The molecule has 0 unspecified atom stereocenters. The van der Waals surface area contributed by atoms with Gasteiger partial charge in [-0.3, -0.25) is 9.59 Å². The largest absolute Gasteiger partial charge is 0.354 e. The van der Waals surface area contributed by atoms with Crippen LogP contribution in [0.1, 0.15) is 26.0 Å². The third-order valence-electron chi connectivity index (χ3n) is 2.56. The lowest BCUT2D eigenvalue weighted by Crippen LogP contribution is -2.31. The minimum atomic E-state index is -0.291. The summed E-state index contributed by atoms with van der Waals surface area (Å²) in [5.41, 5.74) is -0.00930. The van der Waals surface area contributed by atoms with E-state index in [2.05, 4.69) is 20.5 Å². The second-order valence-corrected chi connectivity index (χ2v) is 5.60. The summed E-state index contributed by atoms with van der Waals surface area (Å²) in [6.45, 7) is 3.78. The molecule has 106 valence electrons. The molecule has 0 bridgehead atoms. The summed E-state index contributed by atoms with van der Waals surface area (Å²) in [6.07, 6.45) is 0.514. The molecule has 2 heterocycles. The number of aryl methyl sites for hydroxylation is 1. The first-order chi connectivity index (χ1) is 9.56. The van der Waals surface area contributed by atoms with Gasteiger partial charge in [-0.1, -0.05) is 6.07 Å². The quantitative estimate of drug-likeness (QED) is 0.870. The fourth-order valence-electron chi connectivity index (χ4n) is 1.67. The summed E-state index contributed by atoms with van der Waals surface area (Å²) < 4.78 is 0. The fourth-order valence-corrected chi connectivity index (χ4v) is 2.34. The average Bonchev–Trinajstić information content (AvgIpc) is 2.90. The summed E-state index contributed by atoms with van der Waals surface area (Å²) in [7, 11) is 0. The van der Waals surface area contributed by atoms with Crippen LogP contribution in [0.25, 0.3) is 10.7 Å². The van der Waals surface area contributed by atoms with Crippen LogP contribution in [-0.2, 0) is 11.2 Å². The molecule has 2 aromatic rings. The van der Waals surface area contributed by atoms with E-state index in [0.29, 0.717) is 5.82 Å². The maximum Gasteiger partial charge on any atom is 0.273 e. The second-order valence-electron chi connectivity index (χ2n) is 4.65. The van der Waals surface area contributed by atoms with E-state index in [1.165, 1.54) is 11.3 Å². The minimum Gasteiger partial charge on any atom is -0.354 e. The van der Waals surface area contributed by atoms with Crippen molar-refractivity contribution in [3.63, 3.8) is 0 Å². The number of rotatable bonds is 5. The first kappa shape index (κ1) is 14.4. The highest BCUT2D eigenvalue weighted by atomic mass is 32.1. The molecule has 0 aromatic carbocycles. The highest BCUT2D eigenvalue weighted by Gasteiger charge is 2.10. The predicted octanol–water partition coefficient (Wildman–Crippen LogP) is 1.35. The standard InChI is InChI=1S/C13H16N4O2S/c1-8(2)14-11(18)6-5-9-13(19)15-12(17-16-9)10-4-3-7-20-10/h3-4,7-8H,5-6H2,1-2H3,(H,14,18)(H,15,17,19). The van der Waals surface area contributed by atoms with Crippen LogP contribution in [0.5, 0.6) is 0 Å². The molecular formula is C13H16N4O2S. The molecule has 1 amide bonds. The van der Waals surface area contributed by atoms with Crippen LogP contribution in [0, 0.1) is 0 Å². The summed E-state index contributed by atoms with van der Waals surface area (Å²) in [4.78, 5) is 27.0. The van der Waals surface area contributed by atoms with E-state index in [-0.39, 0.29) is 36.0 Å². The fraction of sp³-hybridized carbons (Fsp3) is 0.385. The molecule has 2 aromatic heterocycles. The van der Waals surface area contributed by atoms with Gasteiger partial charge in [0.05, 0.1) is 4.88 Å². The van der Waals surface area contributed by atoms with Crippen LogP contribution >= 0.6 is 11.3 Å². The number of carbonyl (C=O) groups excluding carboxylic acids is 1. The lowest BCUT2D eigenvalue weighted by Gasteiger charge is -2.07. The van der Waals surface area contributed by atoms with Gasteiger partial charge in [-0.25, -0.2) is 0 Å². The van der Waals surface area contributed by atoms with Crippen LogP contribution < -0.4 is 10.9 Å². The van der Waals surface area contributed by atoms with Crippen molar-refractivity contribution in [3.05, 3.63) is 33.6 Å². The molecule has 0 saturated carbocycles. The van der Waals surface area contributed by atoms with Gasteiger partial charge in [0.25, 0.3) is 5.56 Å². The third kappa shape index (κ3) is 3.74. The second kappa shape index (κ2) is 6.42. The maximum atomic E-state index is 11.9. The van der Waals surface area contributed by atoms with E-state index in [9.17, 15) is 9.59 Å². The molecule has 0 atom stereocenters. The molecule has 7 heteroatoms. The number of hydrogen-bond acceptors (Lipinski definition) is 5. The van der Waals surface area contributed by atoms with Gasteiger partial charge in [-0.15, -0.1) is 21.5 Å². The zero-order valence-electron chi connectivity index (χ0n) is 11.3. The van der Waals surface area contributed by atoms with Gasteiger partial charge in [0.15, 0.2) is 5.82 Å². The number of H-pyrrole nitrogens is 1. The molecule has 0 aliphatic rings. The predicted molar refractivity (Wildman–Crippen MR) is 77.6 cm³/mol. The summed E-state index contributed by atoms with van der Waals surface area (Å²) in [5, 5.41) is 12.6. The summed E-state index contributed by atoms with van der Waals surface area (Å²) in [6, 6.07) is 3.83. The Balaban J connectivity index is 2.04. The molecule has 0 radical (unpaired) electrons. The molecular weight excluding hydrogens is 276 g/mol. The number of hydrogen-bond donors (Lipinski definition) is 2. The van der Waals surface area contributed by atoms with Crippen molar-refractivity contribution in [2.75, 3.05) is 0 Å². The highest BCUT2D eigenvalue weighted by molar-refractivity contribution is 7.13. The Morgan fingerprint density at radius 2 is 2.25 bits per heavy atom. The molecule has 0 fully saturated rings. The van der Waals surface area contributed by atoms with Gasteiger partial charge < -0.3 is 10.3 Å². The first-order valence-electron chi connectivity index (χ1n) is 6.35. The molecule has 2 rings (SSSR count). The number of nitrogens with one attached hydrogen (secondary N) is 2. The lowest BCUT2D eigenvalue weighted by molar-refractivity contribution is -0.121. The Morgan fingerprint density at radius 3 is 2.85 bits per heavy atom. The zero-order chi connectivity index (χ0) is 14.5. The van der Waals surface area contributed by atoms with E-state index >= 15 is 0 Å². The van der Waals surface area contributed by atoms with Gasteiger partial charge in [0.1, 0.15) is 5.69 Å². The van der Waals surface area contributed by atoms with Gasteiger partial charge >= 0.3 is 0 Å². The summed E-state index contributed by atoms with van der Waals surface area (Å²) >= 11 is 1.48. The molecule has 0 aliphatic carbocycles. The summed E-state index contributed by atoms with van der Waals surface area (Å²) in [5.74, 6) is 0.365. The normalized spacial score (nSPS) is 10.8. The molecule has 6 nitrogen and oxygen atoms in total. The van der Waals surface area contributed by atoms with Crippen LogP contribution in [0.2, 0.25) is 0 Å². The van der Waals surface area contributed by atoms with E-state index in [4.69, 9.17) is 0 Å². The van der Waals surface area contributed by atoms with Gasteiger partial charge in [0.2, 0.25) is 5.91 Å². The van der Waals surface area contributed by atoms with E-state index < -0.39 is 0 Å². The van der Waals surface area contributed by atoms with Crippen LogP contribution in [0.15, 0.2) is 22.3 Å². The van der Waals surface area contributed by atoms with Crippen LogP contribution in [-0.4, -0.2) is 27.1 Å². The SMILES string of the molecule is CC(C)NC(=O)CCc1nnc(-c2cccs2)[nH]c1=O. The number of aromatic amines is 1. The monoisotopic (exact) mass is 292 g/mol. The molecule has 0 aliphatic heterocycles. The van der Waals surface area contributed by atoms with Crippen LogP contribution in [0.3, 0.4) is 0 Å². The Hall–Kier alpha value is -2.02. The maximum absolute atomic E-state index is 11.9. The topological polar surface area (TPSA) is 87.7 Å². The van der Waals surface area contributed by atoms with Gasteiger partial charge in [-0.05, 0) is 25.3 Å². The third-order valence-corrected chi connectivity index (χ3v) is 3.43. The first-order valence-corrected chi connectivity index (χ1v) is 7.23. The van der Waals surface area contributed by atoms with Gasteiger partial charge in [-0.2, -0.15) is 0 Å². The smallest absolute Gasteiger partial charge is 0.273 e. The van der Waals surface area contributed by atoms with E-state index in [0.717, 1.165) is 4.88 Å². The minimum absolute atomic E-state index is 0.0908. The number of amides is 1. The van der Waals surface area contributed by atoms with Gasteiger partial charge in [0, 0.05) is 18.9 Å². The van der Waals surface area contributed by atoms with Crippen molar-refractivity contribution in [2.24, 2.45) is 0 Å². The van der Waals surface area contributed by atoms with Crippen molar-refractivity contribution in [3.8, 4) is 10.7 Å². The van der Waals surface area contributed by atoms with Crippen molar-refractivity contribution in [2.45, 2.75) is 32.7 Å². The Morgan fingerprint density at radius 1 is 1.45 bits per heavy atom. The molecule has 0 spiro atoms. The van der Waals surface area contributed by atoms with Crippen molar-refractivity contribution >= 4 is 17.2 Å². The number of nitrogens with zero attached hydrogens (tertiary/aromatic N) is 2. The number of carbonyl (C=O) groups is 1. The molecule has 20 heavy (non-hydrogen) atoms. The lowest BCUT2D eigenvalue weighted by atomic mass is 10.2. The van der Waals surface area contributed by atoms with Crippen molar-refractivity contribution in [1.29, 1.82) is 0 Å². The number of thiophene rings is 1. The van der Waals surface area contributed by atoms with Crippen LogP contribution in [0.4, 0.5) is 0 Å².